The highest BCUT2D eigenvalue weighted by atomic mass is 16.4. The summed E-state index contributed by atoms with van der Waals surface area (Å²) in [6, 6.07) is 7.73. The number of aromatic carboxylic acids is 1. The van der Waals surface area contributed by atoms with Crippen LogP contribution >= 0.6 is 0 Å². The van der Waals surface area contributed by atoms with Gasteiger partial charge in [-0.2, -0.15) is 0 Å². The van der Waals surface area contributed by atoms with Gasteiger partial charge in [-0.05, 0) is 31.5 Å². The third-order valence-electron chi connectivity index (χ3n) is 3.23. The molecule has 3 heteroatoms. The maximum Gasteiger partial charge on any atom is 0.336 e. The summed E-state index contributed by atoms with van der Waals surface area (Å²) in [4.78, 5) is 13.3. The molecule has 1 aromatic rings. The summed E-state index contributed by atoms with van der Waals surface area (Å²) in [5.74, 6) is -0.849. The lowest BCUT2D eigenvalue weighted by Gasteiger charge is -2.26. The molecule has 0 aliphatic heterocycles. The monoisotopic (exact) mass is 235 g/mol. The van der Waals surface area contributed by atoms with E-state index in [4.69, 9.17) is 5.11 Å². The molecule has 0 saturated heterocycles. The van der Waals surface area contributed by atoms with E-state index < -0.39 is 5.97 Å². The van der Waals surface area contributed by atoms with Crippen LogP contribution in [0.1, 0.15) is 42.6 Å². The lowest BCUT2D eigenvalue weighted by atomic mass is 10.1. The number of hydrogen-bond donors (Lipinski definition) is 1. The van der Waals surface area contributed by atoms with Crippen LogP contribution in [-0.2, 0) is 6.54 Å². The van der Waals surface area contributed by atoms with Gasteiger partial charge < -0.3 is 5.11 Å². The van der Waals surface area contributed by atoms with Gasteiger partial charge in [-0.3, -0.25) is 4.90 Å². The highest BCUT2D eigenvalue weighted by molar-refractivity contribution is 5.89. The Kier molecular flexibility index (Phi) is 5.16. The third-order valence-corrected chi connectivity index (χ3v) is 3.23. The van der Waals surface area contributed by atoms with Crippen LogP contribution < -0.4 is 0 Å². The molecule has 1 N–H and O–H groups in total. The highest BCUT2D eigenvalue weighted by Crippen LogP contribution is 2.15. The summed E-state index contributed by atoms with van der Waals surface area (Å²) in [5.41, 5.74) is 1.29. The van der Waals surface area contributed by atoms with Crippen LogP contribution in [0.2, 0.25) is 0 Å². The van der Waals surface area contributed by atoms with Crippen molar-refractivity contribution in [3.05, 3.63) is 35.4 Å². The van der Waals surface area contributed by atoms with Crippen LogP contribution in [0.25, 0.3) is 0 Å². The minimum atomic E-state index is -0.849. The molecule has 0 aliphatic carbocycles. The average Bonchev–Trinajstić information content (AvgIpc) is 2.31. The molecule has 0 heterocycles. The second-order valence-electron chi connectivity index (χ2n) is 4.35. The molecular weight excluding hydrogens is 214 g/mol. The normalized spacial score (nSPS) is 11.1. The Morgan fingerprint density at radius 1 is 1.29 bits per heavy atom. The first-order chi connectivity index (χ1) is 8.10. The first-order valence-electron chi connectivity index (χ1n) is 6.11. The van der Waals surface area contributed by atoms with Crippen molar-refractivity contribution in [2.75, 3.05) is 7.05 Å². The molecule has 0 spiro atoms. The molecule has 3 nitrogen and oxygen atoms in total. The summed E-state index contributed by atoms with van der Waals surface area (Å²) in [5, 5.41) is 9.11. The number of benzene rings is 1. The molecule has 0 unspecified atom stereocenters. The first kappa shape index (κ1) is 13.7. The standard InChI is InChI=1S/C14H21NO2/c1-4-12(5-2)15(3)10-11-8-6-7-9-13(11)14(16)17/h6-9,12H,4-5,10H2,1-3H3,(H,16,17). The van der Waals surface area contributed by atoms with Crippen molar-refractivity contribution in [2.24, 2.45) is 0 Å². The van der Waals surface area contributed by atoms with Gasteiger partial charge in [0, 0.05) is 12.6 Å². The summed E-state index contributed by atoms with van der Waals surface area (Å²) in [6.45, 7) is 5.01. The van der Waals surface area contributed by atoms with E-state index in [1.165, 1.54) is 0 Å². The van der Waals surface area contributed by atoms with Gasteiger partial charge in [0.15, 0.2) is 0 Å². The number of carboxylic acid groups (broad SMARTS) is 1. The van der Waals surface area contributed by atoms with Gasteiger partial charge in [-0.15, -0.1) is 0 Å². The molecule has 0 radical (unpaired) electrons. The van der Waals surface area contributed by atoms with Gasteiger partial charge in [0.1, 0.15) is 0 Å². The molecule has 0 amide bonds. The topological polar surface area (TPSA) is 40.5 Å². The van der Waals surface area contributed by atoms with Crippen molar-refractivity contribution >= 4 is 5.97 Å². The molecule has 0 aliphatic rings. The van der Waals surface area contributed by atoms with E-state index in [1.807, 2.05) is 12.1 Å². The van der Waals surface area contributed by atoms with Crippen molar-refractivity contribution in [3.8, 4) is 0 Å². The Bertz CT molecular complexity index is 372. The fourth-order valence-electron chi connectivity index (χ4n) is 2.18. The summed E-state index contributed by atoms with van der Waals surface area (Å²) in [7, 11) is 2.05. The zero-order chi connectivity index (χ0) is 12.8. The summed E-state index contributed by atoms with van der Waals surface area (Å²) >= 11 is 0. The summed E-state index contributed by atoms with van der Waals surface area (Å²) in [6.07, 6.45) is 2.17. The number of rotatable bonds is 6. The van der Waals surface area contributed by atoms with Gasteiger partial charge in [0.25, 0.3) is 0 Å². The lowest BCUT2D eigenvalue weighted by Crippen LogP contribution is -2.30. The smallest absolute Gasteiger partial charge is 0.336 e. The average molecular weight is 235 g/mol. The van der Waals surface area contributed by atoms with E-state index in [1.54, 1.807) is 12.1 Å². The molecule has 0 fully saturated rings. The van der Waals surface area contributed by atoms with Gasteiger partial charge >= 0.3 is 5.97 Å². The van der Waals surface area contributed by atoms with Crippen LogP contribution in [0, 0.1) is 0 Å². The Hall–Kier alpha value is -1.35. The molecule has 0 saturated carbocycles. The lowest BCUT2D eigenvalue weighted by molar-refractivity contribution is 0.0694. The van der Waals surface area contributed by atoms with Crippen LogP contribution in [0.3, 0.4) is 0 Å². The van der Waals surface area contributed by atoms with Crippen molar-refractivity contribution in [2.45, 2.75) is 39.3 Å². The predicted molar refractivity (Wildman–Crippen MR) is 69.2 cm³/mol. The maximum atomic E-state index is 11.1. The van der Waals surface area contributed by atoms with E-state index in [9.17, 15) is 4.79 Å². The predicted octanol–water partition coefficient (Wildman–Crippen LogP) is 3.01. The van der Waals surface area contributed by atoms with Crippen LogP contribution in [0.5, 0.6) is 0 Å². The molecule has 0 atom stereocenters. The molecule has 94 valence electrons. The molecule has 1 rings (SSSR count). The van der Waals surface area contributed by atoms with Crippen LogP contribution in [0.15, 0.2) is 24.3 Å². The van der Waals surface area contributed by atoms with E-state index in [2.05, 4.69) is 25.8 Å². The first-order valence-corrected chi connectivity index (χ1v) is 6.11. The molecule has 0 aromatic heterocycles. The van der Waals surface area contributed by atoms with Gasteiger partial charge in [-0.1, -0.05) is 32.0 Å². The number of carbonyl (C=O) groups is 1. The Morgan fingerprint density at radius 2 is 1.88 bits per heavy atom. The molecule has 0 bridgehead atoms. The fraction of sp³-hybridized carbons (Fsp3) is 0.500. The number of hydrogen-bond acceptors (Lipinski definition) is 2. The van der Waals surface area contributed by atoms with Crippen molar-refractivity contribution < 1.29 is 9.90 Å². The highest BCUT2D eigenvalue weighted by Gasteiger charge is 2.14. The van der Waals surface area contributed by atoms with Crippen molar-refractivity contribution in [1.82, 2.24) is 4.90 Å². The van der Waals surface area contributed by atoms with E-state index in [0.29, 0.717) is 18.2 Å². The Morgan fingerprint density at radius 3 is 2.41 bits per heavy atom. The fourth-order valence-corrected chi connectivity index (χ4v) is 2.18. The molecular formula is C14H21NO2. The van der Waals surface area contributed by atoms with E-state index >= 15 is 0 Å². The Balaban J connectivity index is 2.84. The van der Waals surface area contributed by atoms with Crippen molar-refractivity contribution in [1.29, 1.82) is 0 Å². The van der Waals surface area contributed by atoms with E-state index in [-0.39, 0.29) is 0 Å². The minimum absolute atomic E-state index is 0.408. The van der Waals surface area contributed by atoms with Crippen molar-refractivity contribution in [3.63, 3.8) is 0 Å². The van der Waals surface area contributed by atoms with E-state index in [0.717, 1.165) is 18.4 Å². The Labute approximate surface area is 103 Å². The SMILES string of the molecule is CCC(CC)N(C)Cc1ccccc1C(=O)O. The molecule has 17 heavy (non-hydrogen) atoms. The second kappa shape index (κ2) is 6.40. The number of nitrogens with zero attached hydrogens (tertiary/aromatic N) is 1. The molecule has 1 aromatic carbocycles. The zero-order valence-corrected chi connectivity index (χ0v) is 10.8. The zero-order valence-electron chi connectivity index (χ0n) is 10.8. The third kappa shape index (κ3) is 3.56. The quantitative estimate of drug-likeness (QED) is 0.824. The largest absolute Gasteiger partial charge is 0.478 e. The number of carboxylic acids is 1. The van der Waals surface area contributed by atoms with Gasteiger partial charge in [-0.25, -0.2) is 4.79 Å². The van der Waals surface area contributed by atoms with Crippen LogP contribution in [-0.4, -0.2) is 29.1 Å². The maximum absolute atomic E-state index is 11.1. The second-order valence-corrected chi connectivity index (χ2v) is 4.35. The minimum Gasteiger partial charge on any atom is -0.478 e. The van der Waals surface area contributed by atoms with Gasteiger partial charge in [0.05, 0.1) is 5.56 Å². The summed E-state index contributed by atoms with van der Waals surface area (Å²) < 4.78 is 0. The van der Waals surface area contributed by atoms with Crippen LogP contribution in [0.4, 0.5) is 0 Å². The van der Waals surface area contributed by atoms with Gasteiger partial charge in [0.2, 0.25) is 0 Å².